The van der Waals surface area contributed by atoms with Crippen molar-refractivity contribution in [1.29, 1.82) is 0 Å². The van der Waals surface area contributed by atoms with Gasteiger partial charge in [-0.25, -0.2) is 12.7 Å². The summed E-state index contributed by atoms with van der Waals surface area (Å²) in [6, 6.07) is 5.82. The van der Waals surface area contributed by atoms with Crippen molar-refractivity contribution >= 4 is 27.7 Å². The van der Waals surface area contributed by atoms with E-state index >= 15 is 0 Å². The largest absolute Gasteiger partial charge is 0.342 e. The van der Waals surface area contributed by atoms with Crippen molar-refractivity contribution in [3.63, 3.8) is 0 Å². The number of benzene rings is 1. The normalized spacial score (nSPS) is 15.0. The Labute approximate surface area is 147 Å². The first kappa shape index (κ1) is 18.9. The maximum Gasteiger partial charge on any atom is 0.269 e. The number of sulfonamides is 1. The van der Waals surface area contributed by atoms with E-state index in [1.165, 1.54) is 25.2 Å². The molecular formula is C16H21N3O5S. The monoisotopic (exact) mass is 367 g/mol. The molecule has 0 saturated carbocycles. The number of carbonyl (C=O) groups is 3. The molecule has 0 radical (unpaired) electrons. The predicted molar refractivity (Wildman–Crippen MR) is 90.2 cm³/mol. The van der Waals surface area contributed by atoms with Crippen LogP contribution in [0.4, 0.5) is 0 Å². The van der Waals surface area contributed by atoms with Crippen LogP contribution in [-0.2, 0) is 19.6 Å². The molecule has 136 valence electrons. The second kappa shape index (κ2) is 7.22. The van der Waals surface area contributed by atoms with Crippen LogP contribution in [0, 0.1) is 0 Å². The molecule has 25 heavy (non-hydrogen) atoms. The molecule has 8 nitrogen and oxygen atoms in total. The summed E-state index contributed by atoms with van der Waals surface area (Å²) < 4.78 is 25.4. The highest BCUT2D eigenvalue weighted by Crippen LogP contribution is 2.29. The summed E-state index contributed by atoms with van der Waals surface area (Å²) >= 11 is 0. The number of hydrogen-bond donors (Lipinski definition) is 0. The second-order valence-corrected chi connectivity index (χ2v) is 7.46. The Morgan fingerprint density at radius 2 is 1.68 bits per heavy atom. The van der Waals surface area contributed by atoms with Crippen molar-refractivity contribution in [2.24, 2.45) is 0 Å². The molecule has 1 aliphatic rings. The molecule has 1 aliphatic heterocycles. The molecule has 0 aliphatic carbocycles. The Balaban J connectivity index is 2.11. The Bertz CT molecular complexity index is 802. The highest BCUT2D eigenvalue weighted by atomic mass is 32.2. The van der Waals surface area contributed by atoms with Gasteiger partial charge in [0, 0.05) is 20.1 Å². The lowest BCUT2D eigenvalue weighted by Gasteiger charge is -2.24. The van der Waals surface area contributed by atoms with Gasteiger partial charge in [0.1, 0.15) is 11.4 Å². The molecule has 0 bridgehead atoms. The number of amides is 3. The van der Waals surface area contributed by atoms with Gasteiger partial charge in [-0.3, -0.25) is 14.4 Å². The Morgan fingerprint density at radius 1 is 1.08 bits per heavy atom. The van der Waals surface area contributed by atoms with Crippen molar-refractivity contribution in [3.05, 3.63) is 29.8 Å². The summed E-state index contributed by atoms with van der Waals surface area (Å²) in [4.78, 5) is 39.3. The zero-order chi connectivity index (χ0) is 18.8. The maximum atomic E-state index is 12.4. The van der Waals surface area contributed by atoms with E-state index in [0.717, 1.165) is 4.90 Å². The molecule has 0 spiro atoms. The zero-order valence-electron chi connectivity index (χ0n) is 14.4. The minimum absolute atomic E-state index is 0.0529. The minimum atomic E-state index is -4.04. The van der Waals surface area contributed by atoms with Gasteiger partial charge < -0.3 is 9.80 Å². The second-order valence-electron chi connectivity index (χ2n) is 5.63. The van der Waals surface area contributed by atoms with Crippen molar-refractivity contribution in [1.82, 2.24) is 14.1 Å². The first-order chi connectivity index (χ1) is 11.7. The van der Waals surface area contributed by atoms with Gasteiger partial charge in [-0.2, -0.15) is 0 Å². The quantitative estimate of drug-likeness (QED) is 0.714. The molecule has 1 aromatic carbocycles. The number of carbonyl (C=O) groups excluding carboxylic acids is 3. The number of likely N-dealkylation sites (N-methyl/N-ethyl adjacent to an activating group) is 2. The molecule has 1 heterocycles. The fourth-order valence-electron chi connectivity index (χ4n) is 2.60. The molecule has 0 unspecified atom stereocenters. The molecular weight excluding hydrogens is 346 g/mol. The summed E-state index contributed by atoms with van der Waals surface area (Å²) in [5.41, 5.74) is 0.0529. The topological polar surface area (TPSA) is 95.1 Å². The van der Waals surface area contributed by atoms with Crippen molar-refractivity contribution in [2.75, 3.05) is 33.2 Å². The molecule has 9 heteroatoms. The molecule has 0 fully saturated rings. The van der Waals surface area contributed by atoms with Crippen LogP contribution < -0.4 is 0 Å². The highest BCUT2D eigenvalue weighted by molar-refractivity contribution is 7.90. The lowest BCUT2D eigenvalue weighted by molar-refractivity contribution is -0.139. The number of fused-ring (bicyclic) bond motifs is 1. The Morgan fingerprint density at radius 3 is 2.24 bits per heavy atom. The van der Waals surface area contributed by atoms with Crippen molar-refractivity contribution in [3.8, 4) is 0 Å². The SMILES string of the molecule is CCN(CC)C(=O)CN(C)C(=O)CN1C(=O)c2ccccc2S1(=O)=O. The zero-order valence-corrected chi connectivity index (χ0v) is 15.2. The van der Waals surface area contributed by atoms with Gasteiger partial charge in [-0.05, 0) is 26.0 Å². The third-order valence-corrected chi connectivity index (χ3v) is 5.89. The van der Waals surface area contributed by atoms with Crippen LogP contribution in [0.15, 0.2) is 29.2 Å². The molecule has 2 rings (SSSR count). The number of rotatable bonds is 6. The third-order valence-electron chi connectivity index (χ3n) is 4.11. The highest BCUT2D eigenvalue weighted by Gasteiger charge is 2.42. The number of nitrogens with zero attached hydrogens (tertiary/aromatic N) is 3. The van der Waals surface area contributed by atoms with Gasteiger partial charge in [0.25, 0.3) is 15.9 Å². The van der Waals surface area contributed by atoms with Gasteiger partial charge in [0.15, 0.2) is 0 Å². The van der Waals surface area contributed by atoms with Crippen LogP contribution in [0.5, 0.6) is 0 Å². The van der Waals surface area contributed by atoms with Gasteiger partial charge in [0.05, 0.1) is 12.1 Å². The van der Waals surface area contributed by atoms with Crippen molar-refractivity contribution in [2.45, 2.75) is 18.7 Å². The molecule has 1 aromatic rings. The van der Waals surface area contributed by atoms with E-state index in [4.69, 9.17) is 0 Å². The standard InChI is InChI=1S/C16H21N3O5S/c1-4-18(5-2)15(21)10-17(3)14(20)11-19-16(22)12-8-6-7-9-13(12)25(19,23)24/h6-9H,4-5,10-11H2,1-3H3. The third kappa shape index (κ3) is 3.51. The molecule has 0 atom stereocenters. The van der Waals surface area contributed by atoms with E-state index in [1.807, 2.05) is 13.8 Å². The summed E-state index contributed by atoms with van der Waals surface area (Å²) in [6.45, 7) is 3.90. The average molecular weight is 367 g/mol. The fourth-order valence-corrected chi connectivity index (χ4v) is 4.12. The molecule has 0 N–H and O–H groups in total. The molecule has 0 saturated heterocycles. The average Bonchev–Trinajstić information content (AvgIpc) is 2.77. The van der Waals surface area contributed by atoms with Gasteiger partial charge in [-0.1, -0.05) is 12.1 Å². The van der Waals surface area contributed by atoms with Gasteiger partial charge >= 0.3 is 0 Å². The summed E-state index contributed by atoms with van der Waals surface area (Å²) in [5.74, 6) is -1.59. The smallest absolute Gasteiger partial charge is 0.269 e. The van der Waals surface area contributed by atoms with E-state index < -0.39 is 28.4 Å². The van der Waals surface area contributed by atoms with E-state index in [9.17, 15) is 22.8 Å². The first-order valence-corrected chi connectivity index (χ1v) is 9.35. The van der Waals surface area contributed by atoms with Crippen LogP contribution in [0.3, 0.4) is 0 Å². The first-order valence-electron chi connectivity index (χ1n) is 7.91. The van der Waals surface area contributed by atoms with E-state index in [1.54, 1.807) is 11.0 Å². The van der Waals surface area contributed by atoms with E-state index in [0.29, 0.717) is 17.4 Å². The predicted octanol–water partition coefficient (Wildman–Crippen LogP) is 0.158. The Kier molecular flexibility index (Phi) is 5.46. The van der Waals surface area contributed by atoms with Crippen LogP contribution in [0.2, 0.25) is 0 Å². The summed E-state index contributed by atoms with van der Waals surface area (Å²) in [6.07, 6.45) is 0. The van der Waals surface area contributed by atoms with E-state index in [2.05, 4.69) is 0 Å². The number of hydrogen-bond acceptors (Lipinski definition) is 5. The van der Waals surface area contributed by atoms with E-state index in [-0.39, 0.29) is 22.9 Å². The van der Waals surface area contributed by atoms with Crippen LogP contribution in [0.25, 0.3) is 0 Å². The van der Waals surface area contributed by atoms with Crippen molar-refractivity contribution < 1.29 is 22.8 Å². The fraction of sp³-hybridized carbons (Fsp3) is 0.438. The minimum Gasteiger partial charge on any atom is -0.342 e. The summed E-state index contributed by atoms with van der Waals surface area (Å²) in [7, 11) is -2.63. The lowest BCUT2D eigenvalue weighted by Crippen LogP contribution is -2.45. The molecule has 3 amide bonds. The van der Waals surface area contributed by atoms with Gasteiger partial charge in [0.2, 0.25) is 11.8 Å². The lowest BCUT2D eigenvalue weighted by atomic mass is 10.2. The van der Waals surface area contributed by atoms with Gasteiger partial charge in [-0.15, -0.1) is 0 Å². The summed E-state index contributed by atoms with van der Waals surface area (Å²) in [5, 5.41) is 0. The maximum absolute atomic E-state index is 12.4. The Hall–Kier alpha value is -2.42. The molecule has 0 aromatic heterocycles. The van der Waals surface area contributed by atoms with Crippen LogP contribution >= 0.6 is 0 Å². The van der Waals surface area contributed by atoms with Crippen LogP contribution in [0.1, 0.15) is 24.2 Å². The van der Waals surface area contributed by atoms with Crippen LogP contribution in [-0.4, -0.2) is 73.5 Å².